The van der Waals surface area contributed by atoms with E-state index in [0.717, 1.165) is 0 Å². The molecule has 0 heterocycles. The minimum atomic E-state index is -8.98. The lowest BCUT2D eigenvalue weighted by Gasteiger charge is -2.43. The zero-order valence-electron chi connectivity index (χ0n) is 15.6. The summed E-state index contributed by atoms with van der Waals surface area (Å²) in [6.07, 6.45) is -6.08. The largest absolute Gasteiger partial charge is 0.438 e. The van der Waals surface area contributed by atoms with Gasteiger partial charge in [0.2, 0.25) is 0 Å². The maximum atomic E-state index is 13.2. The van der Waals surface area contributed by atoms with Gasteiger partial charge in [-0.15, -0.1) is 0 Å². The fraction of sp³-hybridized carbons (Fsp3) is 1.00. The lowest BCUT2D eigenvalue weighted by atomic mass is 9.89. The molecule has 0 aliphatic heterocycles. The van der Waals surface area contributed by atoms with Crippen molar-refractivity contribution in [2.24, 2.45) is 0 Å². The highest BCUT2D eigenvalue weighted by Crippen LogP contribution is 2.64. The fourth-order valence-corrected chi connectivity index (χ4v) is 1.93. The van der Waals surface area contributed by atoms with E-state index >= 15 is 0 Å². The SMILES string of the molecule is CNC.O=S(=O)(O)C(F)(F)C(F)(F)C(F)(F)C(F)(F)C(F)(F)C(F)(F)C(F)(F)C(F)(F)C(F)F. The van der Waals surface area contributed by atoms with Crippen molar-refractivity contribution >= 4 is 10.1 Å². The first-order valence-corrected chi connectivity index (χ1v) is 8.66. The van der Waals surface area contributed by atoms with Crippen LogP contribution >= 0.6 is 0 Å². The number of hydrogen-bond acceptors (Lipinski definition) is 3. The molecule has 0 unspecified atom stereocenters. The van der Waals surface area contributed by atoms with E-state index in [1.165, 1.54) is 0 Å². The first-order chi connectivity index (χ1) is 14.4. The van der Waals surface area contributed by atoms with Gasteiger partial charge in [0.15, 0.2) is 0 Å². The molecule has 0 saturated heterocycles. The Hall–Kier alpha value is -1.39. The van der Waals surface area contributed by atoms with E-state index in [9.17, 15) is 87.4 Å². The monoisotopic (exact) mass is 577 g/mol. The van der Waals surface area contributed by atoms with Gasteiger partial charge in [-0.1, -0.05) is 0 Å². The Balaban J connectivity index is 0. The van der Waals surface area contributed by atoms with E-state index in [1.54, 1.807) is 0 Å². The van der Waals surface area contributed by atoms with Crippen LogP contribution in [0.3, 0.4) is 0 Å². The highest BCUT2D eigenvalue weighted by Gasteiger charge is 2.96. The van der Waals surface area contributed by atoms with Crippen molar-refractivity contribution in [3.63, 3.8) is 0 Å². The highest BCUT2D eigenvalue weighted by molar-refractivity contribution is 7.87. The second-order valence-corrected chi connectivity index (χ2v) is 7.32. The standard InChI is InChI=1S/C9H2F18O3S.C2H7N/c10-1(11)2(12,13)3(14,15)4(16,17)5(18,19)6(20,21)7(22,23)8(24,25)9(26,27)31(28,29)30;1-3-2/h1H,(H,28,29,30);3H,1-2H3. The number of halogens is 18. The third-order valence-corrected chi connectivity index (χ3v) is 4.26. The van der Waals surface area contributed by atoms with Crippen LogP contribution in [-0.4, -0.2) is 80.2 Å². The van der Waals surface area contributed by atoms with Crippen LogP contribution in [0.1, 0.15) is 0 Å². The van der Waals surface area contributed by atoms with Gasteiger partial charge in [-0.25, -0.2) is 8.78 Å². The molecule has 34 heavy (non-hydrogen) atoms. The van der Waals surface area contributed by atoms with Crippen molar-refractivity contribution in [3.8, 4) is 0 Å². The van der Waals surface area contributed by atoms with Crippen LogP contribution in [0.5, 0.6) is 0 Å². The van der Waals surface area contributed by atoms with Gasteiger partial charge in [-0.3, -0.25) is 4.55 Å². The van der Waals surface area contributed by atoms with E-state index in [-0.39, 0.29) is 0 Å². The maximum Gasteiger partial charge on any atom is 0.438 e. The normalized spacial score (nSPS) is 15.8. The van der Waals surface area contributed by atoms with Crippen molar-refractivity contribution in [2.45, 2.75) is 53.1 Å². The van der Waals surface area contributed by atoms with Crippen LogP contribution in [0.25, 0.3) is 0 Å². The summed E-state index contributed by atoms with van der Waals surface area (Å²) in [5.41, 5.74) is 0. The molecule has 4 nitrogen and oxygen atoms in total. The van der Waals surface area contributed by atoms with E-state index in [4.69, 9.17) is 4.55 Å². The highest BCUT2D eigenvalue weighted by atomic mass is 32.2. The first-order valence-electron chi connectivity index (χ1n) is 7.22. The van der Waals surface area contributed by atoms with E-state index in [2.05, 4.69) is 5.32 Å². The van der Waals surface area contributed by atoms with Crippen molar-refractivity contribution in [2.75, 3.05) is 14.1 Å². The maximum absolute atomic E-state index is 13.2. The predicted molar refractivity (Wildman–Crippen MR) is 72.1 cm³/mol. The fourth-order valence-electron chi connectivity index (χ4n) is 1.48. The van der Waals surface area contributed by atoms with Gasteiger partial charge >= 0.3 is 63.3 Å². The molecular formula is C11H9F18NO3S. The summed E-state index contributed by atoms with van der Waals surface area (Å²) in [7, 11) is -4.19. The molecule has 0 aromatic carbocycles. The Morgan fingerprint density at radius 1 is 0.559 bits per heavy atom. The second kappa shape index (κ2) is 9.24. The zero-order chi connectivity index (χ0) is 28.8. The predicted octanol–water partition coefficient (Wildman–Crippen LogP) is 5.01. The van der Waals surface area contributed by atoms with Gasteiger partial charge in [0, 0.05) is 0 Å². The average Bonchev–Trinajstić information content (AvgIpc) is 2.59. The Labute approximate surface area is 176 Å². The summed E-state index contributed by atoms with van der Waals surface area (Å²) < 4.78 is 258. The average molecular weight is 577 g/mol. The Morgan fingerprint density at radius 2 is 0.765 bits per heavy atom. The third kappa shape index (κ3) is 4.57. The van der Waals surface area contributed by atoms with Gasteiger partial charge in [-0.2, -0.15) is 78.7 Å². The Morgan fingerprint density at radius 3 is 0.971 bits per heavy atom. The van der Waals surface area contributed by atoms with E-state index in [1.807, 2.05) is 14.1 Å². The van der Waals surface area contributed by atoms with Crippen molar-refractivity contribution in [3.05, 3.63) is 0 Å². The molecular weight excluding hydrogens is 568 g/mol. The van der Waals surface area contributed by atoms with Gasteiger partial charge in [0.1, 0.15) is 0 Å². The van der Waals surface area contributed by atoms with Crippen molar-refractivity contribution in [1.29, 1.82) is 0 Å². The number of rotatable bonds is 9. The second-order valence-electron chi connectivity index (χ2n) is 5.86. The molecule has 0 saturated carbocycles. The lowest BCUT2D eigenvalue weighted by molar-refractivity contribution is -0.453. The van der Waals surface area contributed by atoms with Gasteiger partial charge < -0.3 is 5.32 Å². The molecule has 0 aliphatic rings. The summed E-state index contributed by atoms with van der Waals surface area (Å²) in [6.45, 7) is 0. The lowest BCUT2D eigenvalue weighted by Crippen LogP contribution is -2.75. The summed E-state index contributed by atoms with van der Waals surface area (Å²) >= 11 is 0. The smallest absolute Gasteiger partial charge is 0.323 e. The molecule has 23 heteroatoms. The van der Waals surface area contributed by atoms with Crippen molar-refractivity contribution in [1.82, 2.24) is 5.32 Å². The van der Waals surface area contributed by atoms with Crippen LogP contribution in [0.4, 0.5) is 79.0 Å². The van der Waals surface area contributed by atoms with E-state index < -0.39 is 63.3 Å². The molecule has 0 aromatic rings. The first kappa shape index (κ1) is 34.8. The molecule has 0 aromatic heterocycles. The molecule has 0 bridgehead atoms. The summed E-state index contributed by atoms with van der Waals surface area (Å²) in [4.78, 5) is 0. The molecule has 0 radical (unpaired) electrons. The molecule has 0 atom stereocenters. The minimum Gasteiger partial charge on any atom is -0.323 e. The molecule has 0 rings (SSSR count). The van der Waals surface area contributed by atoms with E-state index in [0.29, 0.717) is 0 Å². The van der Waals surface area contributed by atoms with Crippen LogP contribution in [0, 0.1) is 0 Å². The van der Waals surface area contributed by atoms with Crippen LogP contribution in [0.2, 0.25) is 0 Å². The topological polar surface area (TPSA) is 66.4 Å². The zero-order valence-corrected chi connectivity index (χ0v) is 16.4. The van der Waals surface area contributed by atoms with Crippen LogP contribution in [-0.2, 0) is 10.1 Å². The number of alkyl halides is 18. The molecule has 208 valence electrons. The molecule has 0 spiro atoms. The minimum absolute atomic E-state index is 1.88. The van der Waals surface area contributed by atoms with Gasteiger partial charge in [-0.05, 0) is 14.1 Å². The molecule has 0 fully saturated rings. The van der Waals surface area contributed by atoms with Crippen molar-refractivity contribution < 1.29 is 92.0 Å². The van der Waals surface area contributed by atoms with Crippen LogP contribution < -0.4 is 5.32 Å². The van der Waals surface area contributed by atoms with Gasteiger partial charge in [0.05, 0.1) is 0 Å². The number of hydrogen-bond donors (Lipinski definition) is 2. The Kier molecular flexibility index (Phi) is 9.45. The summed E-state index contributed by atoms with van der Waals surface area (Å²) in [5.74, 6) is -60.2. The Bertz CT molecular complexity index is 808. The molecule has 0 aliphatic carbocycles. The number of nitrogens with one attached hydrogen (secondary N) is 1. The quantitative estimate of drug-likeness (QED) is 0.299. The summed E-state index contributed by atoms with van der Waals surface area (Å²) in [6, 6.07) is 0. The molecule has 2 N–H and O–H groups in total. The third-order valence-electron chi connectivity index (χ3n) is 3.35. The van der Waals surface area contributed by atoms with Gasteiger partial charge in [0.25, 0.3) is 0 Å². The van der Waals surface area contributed by atoms with Crippen LogP contribution in [0.15, 0.2) is 0 Å². The summed E-state index contributed by atoms with van der Waals surface area (Å²) in [5, 5.41) is -5.15. The molecule has 0 amide bonds.